The van der Waals surface area contributed by atoms with Crippen molar-refractivity contribution in [3.8, 4) is 22.3 Å². The summed E-state index contributed by atoms with van der Waals surface area (Å²) in [7, 11) is 0. The van der Waals surface area contributed by atoms with E-state index in [4.69, 9.17) is 5.73 Å². The average Bonchev–Trinajstić information content (AvgIpc) is 3.46. The largest absolute Gasteiger partial charge is 0.398 e. The van der Waals surface area contributed by atoms with Crippen molar-refractivity contribution in [3.05, 3.63) is 156 Å². The molecular formula is C41H29NS. The Morgan fingerprint density at radius 1 is 0.535 bits per heavy atom. The molecule has 8 rings (SSSR count). The van der Waals surface area contributed by atoms with Gasteiger partial charge in [-0.25, -0.2) is 0 Å². The van der Waals surface area contributed by atoms with Gasteiger partial charge in [0.1, 0.15) is 0 Å². The van der Waals surface area contributed by atoms with Gasteiger partial charge in [-0.3, -0.25) is 0 Å². The molecule has 0 amide bonds. The van der Waals surface area contributed by atoms with Gasteiger partial charge in [-0.1, -0.05) is 121 Å². The summed E-state index contributed by atoms with van der Waals surface area (Å²) in [4.78, 5) is 0. The van der Waals surface area contributed by atoms with Gasteiger partial charge in [0, 0.05) is 25.9 Å². The first kappa shape index (κ1) is 25.5. The predicted molar refractivity (Wildman–Crippen MR) is 188 cm³/mol. The lowest BCUT2D eigenvalue weighted by molar-refractivity contribution is 1.49. The molecule has 0 unspecified atom stereocenters. The van der Waals surface area contributed by atoms with E-state index in [9.17, 15) is 0 Å². The lowest BCUT2D eigenvalue weighted by Crippen LogP contribution is -1.98. The molecule has 1 aromatic heterocycles. The van der Waals surface area contributed by atoms with Crippen LogP contribution in [0.4, 0.5) is 0 Å². The molecule has 2 N–H and O–H groups in total. The fourth-order valence-corrected chi connectivity index (χ4v) is 7.73. The van der Waals surface area contributed by atoms with E-state index < -0.39 is 0 Å². The van der Waals surface area contributed by atoms with Crippen molar-refractivity contribution in [1.82, 2.24) is 0 Å². The van der Waals surface area contributed by atoms with E-state index in [1.807, 2.05) is 11.3 Å². The molecule has 0 aliphatic carbocycles. The zero-order valence-corrected chi connectivity index (χ0v) is 24.7. The molecule has 43 heavy (non-hydrogen) atoms. The Bertz CT molecular complexity index is 2370. The van der Waals surface area contributed by atoms with Crippen molar-refractivity contribution >= 4 is 64.8 Å². The smallest absolute Gasteiger partial charge is 0.0433 e. The summed E-state index contributed by atoms with van der Waals surface area (Å²) >= 11 is 1.87. The predicted octanol–water partition coefficient (Wildman–Crippen LogP) is 11.5. The molecule has 1 heterocycles. The lowest BCUT2D eigenvalue weighted by Gasteiger charge is -2.14. The van der Waals surface area contributed by atoms with Crippen LogP contribution in [0.2, 0.25) is 0 Å². The molecule has 0 bridgehead atoms. The fourth-order valence-electron chi connectivity index (χ4n) is 6.49. The van der Waals surface area contributed by atoms with E-state index in [0.29, 0.717) is 0 Å². The Balaban J connectivity index is 1.21. The highest BCUT2D eigenvalue weighted by Gasteiger charge is 2.13. The molecule has 0 atom stereocenters. The van der Waals surface area contributed by atoms with E-state index >= 15 is 0 Å². The molecule has 204 valence electrons. The van der Waals surface area contributed by atoms with Crippen LogP contribution in [0.3, 0.4) is 0 Å². The van der Waals surface area contributed by atoms with Crippen molar-refractivity contribution in [2.75, 3.05) is 0 Å². The summed E-state index contributed by atoms with van der Waals surface area (Å²) in [5.41, 5.74) is 15.9. The van der Waals surface area contributed by atoms with Gasteiger partial charge in [0.15, 0.2) is 0 Å². The summed E-state index contributed by atoms with van der Waals surface area (Å²) in [5.74, 6) is 0. The van der Waals surface area contributed by atoms with Gasteiger partial charge < -0.3 is 5.73 Å². The number of thiophene rings is 1. The number of rotatable bonds is 4. The van der Waals surface area contributed by atoms with Gasteiger partial charge in [-0.05, 0) is 91.7 Å². The summed E-state index contributed by atoms with van der Waals surface area (Å²) in [6.45, 7) is 2.20. The summed E-state index contributed by atoms with van der Waals surface area (Å²) in [6.07, 6.45) is 2.15. The molecule has 0 fully saturated rings. The molecule has 0 radical (unpaired) electrons. The van der Waals surface area contributed by atoms with Crippen LogP contribution in [0.1, 0.15) is 16.7 Å². The van der Waals surface area contributed by atoms with Crippen LogP contribution in [0.5, 0.6) is 0 Å². The molecule has 7 aromatic carbocycles. The highest BCUT2D eigenvalue weighted by Crippen LogP contribution is 2.41. The Kier molecular flexibility index (Phi) is 6.10. The molecule has 0 saturated heterocycles. The maximum atomic E-state index is 6.86. The van der Waals surface area contributed by atoms with Gasteiger partial charge in [0.25, 0.3) is 0 Å². The number of nitrogens with two attached hydrogens (primary N) is 1. The minimum atomic E-state index is 0.761. The van der Waals surface area contributed by atoms with Crippen molar-refractivity contribution in [1.29, 1.82) is 0 Å². The first-order valence-electron chi connectivity index (χ1n) is 14.6. The number of fused-ring (bicyclic) bond motifs is 6. The van der Waals surface area contributed by atoms with Crippen LogP contribution in [-0.2, 0) is 0 Å². The summed E-state index contributed by atoms with van der Waals surface area (Å²) < 4.78 is 2.66. The number of benzene rings is 7. The van der Waals surface area contributed by atoms with Crippen LogP contribution in [0.15, 0.2) is 140 Å². The van der Waals surface area contributed by atoms with Crippen LogP contribution < -0.4 is 5.73 Å². The molecule has 0 saturated carbocycles. The van der Waals surface area contributed by atoms with Crippen molar-refractivity contribution in [2.24, 2.45) is 5.73 Å². The molecule has 2 heteroatoms. The Morgan fingerprint density at radius 2 is 1.12 bits per heavy atom. The first-order chi connectivity index (χ1) is 21.2. The zero-order chi connectivity index (χ0) is 28.9. The van der Waals surface area contributed by atoms with E-state index in [1.54, 1.807) is 0 Å². The highest BCUT2D eigenvalue weighted by atomic mass is 32.1. The summed E-state index contributed by atoms with van der Waals surface area (Å²) in [6, 6.07) is 50.1. The third-order valence-electron chi connectivity index (χ3n) is 8.65. The Morgan fingerprint density at radius 3 is 1.93 bits per heavy atom. The number of hydrogen-bond donors (Lipinski definition) is 1. The third kappa shape index (κ3) is 4.31. The van der Waals surface area contributed by atoms with Crippen LogP contribution in [0, 0.1) is 6.92 Å². The SMILES string of the molecule is Cc1c(/C=C(\N)c2cccc(-c3cccc(-c4cccc5c4sc4ccccc45)c3)c2)c2ccccc2c2ccccc12. The zero-order valence-electron chi connectivity index (χ0n) is 23.8. The molecule has 0 aliphatic heterocycles. The second-order valence-corrected chi connectivity index (χ2v) is 12.2. The third-order valence-corrected chi connectivity index (χ3v) is 9.87. The number of hydrogen-bond acceptors (Lipinski definition) is 2. The minimum Gasteiger partial charge on any atom is -0.398 e. The minimum absolute atomic E-state index is 0.761. The molecule has 8 aromatic rings. The maximum Gasteiger partial charge on any atom is 0.0433 e. The van der Waals surface area contributed by atoms with E-state index in [0.717, 1.165) is 16.8 Å². The van der Waals surface area contributed by atoms with Gasteiger partial charge in [0.2, 0.25) is 0 Å². The molecule has 0 spiro atoms. The van der Waals surface area contributed by atoms with E-state index in [2.05, 4.69) is 153 Å². The van der Waals surface area contributed by atoms with Gasteiger partial charge in [0.05, 0.1) is 0 Å². The maximum absolute atomic E-state index is 6.86. The van der Waals surface area contributed by atoms with Crippen LogP contribution in [0.25, 0.3) is 75.7 Å². The van der Waals surface area contributed by atoms with Crippen molar-refractivity contribution in [2.45, 2.75) is 6.92 Å². The standard InChI is InChI=1S/C41H29NS/c1-26-31-15-2-3-16-33(31)34-17-4-5-18-35(34)38(26)25-39(42)30-14-9-12-28(24-30)27-11-8-13-29(23-27)32-20-10-21-37-36-19-6-7-22-40(36)43-41(32)37/h2-25H,42H2,1H3/b39-25-. The van der Waals surface area contributed by atoms with Gasteiger partial charge in [-0.15, -0.1) is 11.3 Å². The van der Waals surface area contributed by atoms with E-state index in [-0.39, 0.29) is 0 Å². The second kappa shape index (κ2) is 10.3. The van der Waals surface area contributed by atoms with Crippen molar-refractivity contribution < 1.29 is 0 Å². The number of aryl methyl sites for hydroxylation is 1. The lowest BCUT2D eigenvalue weighted by atomic mass is 9.91. The average molecular weight is 568 g/mol. The Hall–Kier alpha value is -5.18. The quantitative estimate of drug-likeness (QED) is 0.166. The normalized spacial score (nSPS) is 12.1. The monoisotopic (exact) mass is 567 g/mol. The molecule has 1 nitrogen and oxygen atoms in total. The molecular weight excluding hydrogens is 539 g/mol. The van der Waals surface area contributed by atoms with Gasteiger partial charge in [-0.2, -0.15) is 0 Å². The fraction of sp³-hybridized carbons (Fsp3) is 0.0244. The van der Waals surface area contributed by atoms with Crippen LogP contribution >= 0.6 is 11.3 Å². The highest BCUT2D eigenvalue weighted by molar-refractivity contribution is 7.26. The van der Waals surface area contributed by atoms with Gasteiger partial charge >= 0.3 is 0 Å². The second-order valence-electron chi connectivity index (χ2n) is 11.2. The molecule has 0 aliphatic rings. The van der Waals surface area contributed by atoms with Crippen LogP contribution in [-0.4, -0.2) is 0 Å². The summed E-state index contributed by atoms with van der Waals surface area (Å²) in [5, 5.41) is 7.66. The Labute approximate surface area is 255 Å². The van der Waals surface area contributed by atoms with Crippen molar-refractivity contribution in [3.63, 3.8) is 0 Å². The van der Waals surface area contributed by atoms with E-state index in [1.165, 1.54) is 69.5 Å². The first-order valence-corrected chi connectivity index (χ1v) is 15.5. The topological polar surface area (TPSA) is 26.0 Å².